The highest BCUT2D eigenvalue weighted by atomic mass is 16.1. The molecule has 0 N–H and O–H groups in total. The molecule has 0 bridgehead atoms. The second-order valence-electron chi connectivity index (χ2n) is 2.95. The van der Waals surface area contributed by atoms with E-state index in [0.29, 0.717) is 6.54 Å². The van der Waals surface area contributed by atoms with Gasteiger partial charge in [0.15, 0.2) is 0 Å². The highest BCUT2D eigenvalue weighted by molar-refractivity contribution is 5.74. The van der Waals surface area contributed by atoms with Crippen molar-refractivity contribution < 1.29 is 4.79 Å². The Hall–Kier alpha value is -1.90. The smallest absolute Gasteiger partial charge is 0.214 e. The molecule has 1 aromatic heterocycles. The van der Waals surface area contributed by atoms with E-state index >= 15 is 0 Å². The summed E-state index contributed by atoms with van der Waals surface area (Å²) in [6.07, 6.45) is 8.30. The molecule has 1 aliphatic rings. The maximum atomic E-state index is 10.8. The van der Waals surface area contributed by atoms with Gasteiger partial charge in [-0.25, -0.2) is 0 Å². The average molecular weight is 186 g/mol. The van der Waals surface area contributed by atoms with Gasteiger partial charge in [-0.3, -0.25) is 9.78 Å². The molecule has 0 atom stereocenters. The van der Waals surface area contributed by atoms with Crippen LogP contribution in [0.3, 0.4) is 0 Å². The number of aromatic nitrogens is 1. The number of pyridine rings is 1. The van der Waals surface area contributed by atoms with Gasteiger partial charge in [-0.15, -0.1) is 0 Å². The predicted molar refractivity (Wildman–Crippen MR) is 54.1 cm³/mol. The number of hydrogen-bond donors (Lipinski definition) is 0. The van der Waals surface area contributed by atoms with Crippen LogP contribution in [-0.4, -0.2) is 22.8 Å². The number of carbonyl (C=O) groups excluding carboxylic acids is 1. The summed E-state index contributed by atoms with van der Waals surface area (Å²) in [7, 11) is 0. The van der Waals surface area contributed by atoms with Gasteiger partial charge in [0.05, 0.1) is 11.4 Å². The summed E-state index contributed by atoms with van der Waals surface area (Å²) in [5.74, 6) is 0. The van der Waals surface area contributed by atoms with Gasteiger partial charge in [-0.2, -0.15) is 0 Å². The first-order valence-corrected chi connectivity index (χ1v) is 4.42. The third-order valence-electron chi connectivity index (χ3n) is 2.06. The summed E-state index contributed by atoms with van der Waals surface area (Å²) in [4.78, 5) is 16.6. The lowest BCUT2D eigenvalue weighted by Gasteiger charge is -2.20. The second kappa shape index (κ2) is 3.87. The van der Waals surface area contributed by atoms with Crippen LogP contribution in [0.1, 0.15) is 5.69 Å². The number of carbonyl (C=O) groups is 1. The van der Waals surface area contributed by atoms with Crippen LogP contribution in [-0.2, 0) is 4.79 Å². The first kappa shape index (κ1) is 8.69. The number of hydrogen-bond acceptors (Lipinski definition) is 2. The molecule has 0 radical (unpaired) electrons. The maximum Gasteiger partial charge on any atom is 0.214 e. The number of rotatable bonds is 2. The highest BCUT2D eigenvalue weighted by Crippen LogP contribution is 2.17. The normalized spacial score (nSPS) is 15.1. The third-order valence-corrected chi connectivity index (χ3v) is 2.06. The van der Waals surface area contributed by atoms with Crippen molar-refractivity contribution in [1.29, 1.82) is 0 Å². The highest BCUT2D eigenvalue weighted by Gasteiger charge is 2.11. The third kappa shape index (κ3) is 1.57. The van der Waals surface area contributed by atoms with Crippen molar-refractivity contribution in [2.45, 2.75) is 0 Å². The molecule has 0 spiro atoms. The molecule has 3 heteroatoms. The Morgan fingerprint density at radius 3 is 3.07 bits per heavy atom. The van der Waals surface area contributed by atoms with Crippen LogP contribution in [0.2, 0.25) is 0 Å². The summed E-state index contributed by atoms with van der Waals surface area (Å²) in [5.41, 5.74) is 1.67. The first-order chi connectivity index (χ1) is 6.92. The van der Waals surface area contributed by atoms with Crippen molar-refractivity contribution in [2.75, 3.05) is 6.54 Å². The second-order valence-corrected chi connectivity index (χ2v) is 2.95. The fourth-order valence-electron chi connectivity index (χ4n) is 1.37. The van der Waals surface area contributed by atoms with E-state index in [-0.39, 0.29) is 0 Å². The van der Waals surface area contributed by atoms with E-state index in [4.69, 9.17) is 0 Å². The molecule has 70 valence electrons. The van der Waals surface area contributed by atoms with Gasteiger partial charge in [0, 0.05) is 12.7 Å². The Morgan fingerprint density at radius 2 is 2.36 bits per heavy atom. The van der Waals surface area contributed by atoms with Gasteiger partial charge < -0.3 is 4.90 Å². The molecular formula is C11H10N2O. The summed E-state index contributed by atoms with van der Waals surface area (Å²) >= 11 is 0. The van der Waals surface area contributed by atoms with Crippen molar-refractivity contribution in [3.05, 3.63) is 48.3 Å². The molecular weight excluding hydrogens is 176 g/mol. The molecule has 0 aromatic carbocycles. The molecule has 14 heavy (non-hydrogen) atoms. The molecule has 0 fully saturated rings. The molecule has 2 rings (SSSR count). The zero-order valence-electron chi connectivity index (χ0n) is 7.63. The standard InChI is InChI=1S/C11H10N2O/c14-9-13-8-4-2-6-11(13)10-5-1-3-7-12-10/h1-7,9H,8H2. The van der Waals surface area contributed by atoms with Gasteiger partial charge in [-0.05, 0) is 18.2 Å². The van der Waals surface area contributed by atoms with E-state index in [0.717, 1.165) is 17.8 Å². The predicted octanol–water partition coefficient (Wildman–Crippen LogP) is 1.45. The minimum absolute atomic E-state index is 0.617. The van der Waals surface area contributed by atoms with Crippen LogP contribution in [0.5, 0.6) is 0 Å². The summed E-state index contributed by atoms with van der Waals surface area (Å²) < 4.78 is 0. The molecule has 2 heterocycles. The summed E-state index contributed by atoms with van der Waals surface area (Å²) in [5, 5.41) is 0. The fourth-order valence-corrected chi connectivity index (χ4v) is 1.37. The SMILES string of the molecule is O=CN1CC=CC=C1c1ccccn1. The lowest BCUT2D eigenvalue weighted by Crippen LogP contribution is -2.22. The Kier molecular flexibility index (Phi) is 2.40. The van der Waals surface area contributed by atoms with Crippen LogP contribution in [0.4, 0.5) is 0 Å². The Labute approximate surface area is 82.4 Å². The van der Waals surface area contributed by atoms with E-state index in [9.17, 15) is 4.79 Å². The lowest BCUT2D eigenvalue weighted by molar-refractivity contribution is -0.115. The van der Waals surface area contributed by atoms with Gasteiger partial charge in [0.1, 0.15) is 0 Å². The van der Waals surface area contributed by atoms with Crippen molar-refractivity contribution in [3.63, 3.8) is 0 Å². The van der Waals surface area contributed by atoms with Crippen molar-refractivity contribution in [2.24, 2.45) is 0 Å². The number of amides is 1. The largest absolute Gasteiger partial charge is 0.309 e. The van der Waals surface area contributed by atoms with E-state index < -0.39 is 0 Å². The molecule has 1 aromatic rings. The average Bonchev–Trinajstić information content (AvgIpc) is 2.30. The topological polar surface area (TPSA) is 33.2 Å². The van der Waals surface area contributed by atoms with Gasteiger partial charge in [-0.1, -0.05) is 18.2 Å². The number of allylic oxidation sites excluding steroid dienone is 2. The van der Waals surface area contributed by atoms with E-state index in [1.54, 1.807) is 11.1 Å². The Morgan fingerprint density at radius 1 is 1.43 bits per heavy atom. The van der Waals surface area contributed by atoms with Crippen LogP contribution in [0.25, 0.3) is 5.70 Å². The zero-order chi connectivity index (χ0) is 9.80. The molecule has 0 unspecified atom stereocenters. The summed E-state index contributed by atoms with van der Waals surface area (Å²) in [6, 6.07) is 5.65. The first-order valence-electron chi connectivity index (χ1n) is 4.42. The molecule has 1 amide bonds. The van der Waals surface area contributed by atoms with Crippen molar-refractivity contribution in [1.82, 2.24) is 9.88 Å². The molecule has 3 nitrogen and oxygen atoms in total. The number of nitrogens with zero attached hydrogens (tertiary/aromatic N) is 2. The fraction of sp³-hybridized carbons (Fsp3) is 0.0909. The van der Waals surface area contributed by atoms with Gasteiger partial charge in [0.25, 0.3) is 0 Å². The monoisotopic (exact) mass is 186 g/mol. The van der Waals surface area contributed by atoms with Gasteiger partial charge >= 0.3 is 0 Å². The molecule has 0 aliphatic carbocycles. The molecule has 0 saturated heterocycles. The van der Waals surface area contributed by atoms with Crippen LogP contribution < -0.4 is 0 Å². The van der Waals surface area contributed by atoms with E-state index in [1.807, 2.05) is 36.4 Å². The van der Waals surface area contributed by atoms with Crippen LogP contribution >= 0.6 is 0 Å². The molecule has 1 aliphatic heterocycles. The summed E-state index contributed by atoms with van der Waals surface area (Å²) in [6.45, 7) is 0.617. The minimum Gasteiger partial charge on any atom is -0.309 e. The quantitative estimate of drug-likeness (QED) is 0.655. The maximum absolute atomic E-state index is 10.8. The Balaban J connectivity index is 2.37. The van der Waals surface area contributed by atoms with E-state index in [2.05, 4.69) is 4.98 Å². The van der Waals surface area contributed by atoms with Crippen molar-refractivity contribution >= 4 is 12.1 Å². The zero-order valence-corrected chi connectivity index (χ0v) is 7.63. The Bertz CT molecular complexity index is 382. The van der Waals surface area contributed by atoms with Crippen LogP contribution in [0, 0.1) is 0 Å². The molecule has 0 saturated carbocycles. The van der Waals surface area contributed by atoms with Crippen LogP contribution in [0.15, 0.2) is 42.6 Å². The lowest BCUT2D eigenvalue weighted by atomic mass is 10.2. The van der Waals surface area contributed by atoms with E-state index in [1.165, 1.54) is 0 Å². The van der Waals surface area contributed by atoms with Gasteiger partial charge in [0.2, 0.25) is 6.41 Å². The van der Waals surface area contributed by atoms with Crippen molar-refractivity contribution in [3.8, 4) is 0 Å². The minimum atomic E-state index is 0.617.